The molecule has 2 aromatic rings. The minimum Gasteiger partial charge on any atom is -0.382 e. The number of aromatic nitrogens is 2. The maximum Gasteiger partial charge on any atom is 0.150 e. The number of aryl methyl sites for hydroxylation is 2. The van der Waals surface area contributed by atoms with Crippen LogP contribution in [0.3, 0.4) is 0 Å². The van der Waals surface area contributed by atoms with Crippen LogP contribution in [0.5, 0.6) is 0 Å². The third-order valence-corrected chi connectivity index (χ3v) is 3.99. The highest BCUT2D eigenvalue weighted by molar-refractivity contribution is 5.48. The summed E-state index contributed by atoms with van der Waals surface area (Å²) in [6.45, 7) is 5.01. The molecular weight excluding hydrogens is 248 g/mol. The Kier molecular flexibility index (Phi) is 3.30. The zero-order valence-electron chi connectivity index (χ0n) is 12.0. The van der Waals surface area contributed by atoms with Crippen LogP contribution >= 0.6 is 0 Å². The fourth-order valence-electron chi connectivity index (χ4n) is 2.77. The van der Waals surface area contributed by atoms with Crippen molar-refractivity contribution in [2.45, 2.75) is 32.7 Å². The molecule has 2 heterocycles. The van der Waals surface area contributed by atoms with Crippen molar-refractivity contribution in [2.75, 3.05) is 17.2 Å². The SMILES string of the molecule is Cc1ccc([C@@H]2CCCN2c2cnc(C)c(N)n2)cc1. The van der Waals surface area contributed by atoms with E-state index >= 15 is 0 Å². The fraction of sp³-hybridized carbons (Fsp3) is 0.375. The molecule has 1 aliphatic heterocycles. The number of nitrogen functional groups attached to an aromatic ring is 1. The molecule has 0 aliphatic carbocycles. The van der Waals surface area contributed by atoms with Crippen LogP contribution in [-0.4, -0.2) is 16.5 Å². The van der Waals surface area contributed by atoms with Crippen LogP contribution in [0, 0.1) is 13.8 Å². The van der Waals surface area contributed by atoms with Gasteiger partial charge in [-0.05, 0) is 32.3 Å². The van der Waals surface area contributed by atoms with Gasteiger partial charge in [-0.25, -0.2) is 4.98 Å². The molecule has 1 aliphatic rings. The molecule has 1 fully saturated rings. The molecule has 4 heteroatoms. The van der Waals surface area contributed by atoms with E-state index in [9.17, 15) is 0 Å². The summed E-state index contributed by atoms with van der Waals surface area (Å²) in [6.07, 6.45) is 4.16. The van der Waals surface area contributed by atoms with Crippen LogP contribution in [0.15, 0.2) is 30.5 Å². The van der Waals surface area contributed by atoms with Crippen molar-refractivity contribution < 1.29 is 0 Å². The molecule has 0 bridgehead atoms. The molecule has 2 N–H and O–H groups in total. The summed E-state index contributed by atoms with van der Waals surface area (Å²) in [5, 5.41) is 0. The summed E-state index contributed by atoms with van der Waals surface area (Å²) >= 11 is 0. The molecule has 1 atom stereocenters. The van der Waals surface area contributed by atoms with Gasteiger partial charge < -0.3 is 10.6 Å². The van der Waals surface area contributed by atoms with E-state index in [1.54, 1.807) is 0 Å². The van der Waals surface area contributed by atoms with Gasteiger partial charge in [0.15, 0.2) is 0 Å². The quantitative estimate of drug-likeness (QED) is 0.909. The van der Waals surface area contributed by atoms with E-state index in [0.29, 0.717) is 11.9 Å². The van der Waals surface area contributed by atoms with Gasteiger partial charge in [0.05, 0.1) is 17.9 Å². The number of rotatable bonds is 2. The first kappa shape index (κ1) is 12.9. The fourth-order valence-corrected chi connectivity index (χ4v) is 2.77. The minimum atomic E-state index is 0.381. The molecule has 1 aromatic heterocycles. The highest BCUT2D eigenvalue weighted by Gasteiger charge is 2.27. The van der Waals surface area contributed by atoms with Crippen LogP contribution in [0.4, 0.5) is 11.6 Å². The van der Waals surface area contributed by atoms with E-state index in [-0.39, 0.29) is 0 Å². The Labute approximate surface area is 119 Å². The van der Waals surface area contributed by atoms with Gasteiger partial charge in [0.1, 0.15) is 11.6 Å². The van der Waals surface area contributed by atoms with Gasteiger partial charge in [0.25, 0.3) is 0 Å². The van der Waals surface area contributed by atoms with Crippen LogP contribution in [-0.2, 0) is 0 Å². The van der Waals surface area contributed by atoms with Crippen LogP contribution in [0.1, 0.15) is 35.7 Å². The second kappa shape index (κ2) is 5.12. The summed E-state index contributed by atoms with van der Waals surface area (Å²) in [5.74, 6) is 1.41. The Balaban J connectivity index is 1.92. The highest BCUT2D eigenvalue weighted by Crippen LogP contribution is 2.35. The van der Waals surface area contributed by atoms with Crippen LogP contribution < -0.4 is 10.6 Å². The van der Waals surface area contributed by atoms with Gasteiger partial charge >= 0.3 is 0 Å². The summed E-state index contributed by atoms with van der Waals surface area (Å²) < 4.78 is 0. The molecule has 3 rings (SSSR count). The molecule has 104 valence electrons. The molecule has 0 amide bonds. The molecule has 0 spiro atoms. The molecule has 0 saturated carbocycles. The smallest absolute Gasteiger partial charge is 0.150 e. The standard InChI is InChI=1S/C16H20N4/c1-11-5-7-13(8-6-11)14-4-3-9-20(14)15-10-18-12(2)16(17)19-15/h5-8,10,14H,3-4,9H2,1-2H3,(H2,17,19)/t14-/m0/s1. The Morgan fingerprint density at radius 2 is 1.95 bits per heavy atom. The lowest BCUT2D eigenvalue weighted by Gasteiger charge is -2.26. The van der Waals surface area contributed by atoms with Gasteiger partial charge in [-0.2, -0.15) is 0 Å². The van der Waals surface area contributed by atoms with Crippen molar-refractivity contribution in [1.29, 1.82) is 0 Å². The predicted molar refractivity (Wildman–Crippen MR) is 81.7 cm³/mol. The van der Waals surface area contributed by atoms with Crippen molar-refractivity contribution in [3.63, 3.8) is 0 Å². The zero-order chi connectivity index (χ0) is 14.1. The third-order valence-electron chi connectivity index (χ3n) is 3.99. The number of hydrogen-bond acceptors (Lipinski definition) is 4. The summed E-state index contributed by atoms with van der Waals surface area (Å²) in [5.41, 5.74) is 9.31. The zero-order valence-corrected chi connectivity index (χ0v) is 12.0. The van der Waals surface area contributed by atoms with E-state index in [2.05, 4.69) is 46.1 Å². The van der Waals surface area contributed by atoms with Gasteiger partial charge in [0, 0.05) is 6.54 Å². The average molecular weight is 268 g/mol. The van der Waals surface area contributed by atoms with Crippen molar-refractivity contribution in [1.82, 2.24) is 9.97 Å². The lowest BCUT2D eigenvalue weighted by atomic mass is 10.0. The normalized spacial score (nSPS) is 18.5. The summed E-state index contributed by atoms with van der Waals surface area (Å²) in [6, 6.07) is 9.14. The summed E-state index contributed by atoms with van der Waals surface area (Å²) in [7, 11) is 0. The van der Waals surface area contributed by atoms with Crippen molar-refractivity contribution in [3.8, 4) is 0 Å². The molecular formula is C16H20N4. The molecule has 4 nitrogen and oxygen atoms in total. The number of benzene rings is 1. The van der Waals surface area contributed by atoms with E-state index in [0.717, 1.165) is 24.5 Å². The molecule has 1 aromatic carbocycles. The minimum absolute atomic E-state index is 0.381. The highest BCUT2D eigenvalue weighted by atomic mass is 15.2. The number of nitrogens with zero attached hydrogens (tertiary/aromatic N) is 3. The van der Waals surface area contributed by atoms with E-state index in [1.807, 2.05) is 13.1 Å². The Morgan fingerprint density at radius 1 is 1.20 bits per heavy atom. The molecule has 20 heavy (non-hydrogen) atoms. The van der Waals surface area contributed by atoms with Crippen molar-refractivity contribution in [3.05, 3.63) is 47.3 Å². The first-order valence-corrected chi connectivity index (χ1v) is 7.07. The molecule has 0 radical (unpaired) electrons. The van der Waals surface area contributed by atoms with Gasteiger partial charge in [-0.15, -0.1) is 0 Å². The summed E-state index contributed by atoms with van der Waals surface area (Å²) in [4.78, 5) is 11.1. The number of hydrogen-bond donors (Lipinski definition) is 1. The second-order valence-electron chi connectivity index (χ2n) is 5.46. The maximum absolute atomic E-state index is 5.89. The van der Waals surface area contributed by atoms with Crippen molar-refractivity contribution in [2.24, 2.45) is 0 Å². The van der Waals surface area contributed by atoms with E-state index in [4.69, 9.17) is 5.73 Å². The van der Waals surface area contributed by atoms with Gasteiger partial charge in [0.2, 0.25) is 0 Å². The largest absolute Gasteiger partial charge is 0.382 e. The van der Waals surface area contributed by atoms with E-state index in [1.165, 1.54) is 17.5 Å². The Bertz CT molecular complexity index is 606. The number of nitrogens with two attached hydrogens (primary N) is 1. The molecule has 0 unspecified atom stereocenters. The maximum atomic E-state index is 5.89. The Morgan fingerprint density at radius 3 is 2.65 bits per heavy atom. The lowest BCUT2D eigenvalue weighted by Crippen LogP contribution is -2.24. The first-order valence-electron chi connectivity index (χ1n) is 7.07. The van der Waals surface area contributed by atoms with Crippen LogP contribution in [0.2, 0.25) is 0 Å². The second-order valence-corrected chi connectivity index (χ2v) is 5.46. The lowest BCUT2D eigenvalue weighted by molar-refractivity contribution is 0.710. The van der Waals surface area contributed by atoms with Crippen LogP contribution in [0.25, 0.3) is 0 Å². The Hall–Kier alpha value is -2.10. The third kappa shape index (κ3) is 2.33. The average Bonchev–Trinajstić information content (AvgIpc) is 2.92. The topological polar surface area (TPSA) is 55.0 Å². The first-order chi connectivity index (χ1) is 9.65. The predicted octanol–water partition coefficient (Wildman–Crippen LogP) is 3.02. The van der Waals surface area contributed by atoms with Gasteiger partial charge in [-0.3, -0.25) is 4.98 Å². The monoisotopic (exact) mass is 268 g/mol. The van der Waals surface area contributed by atoms with Gasteiger partial charge in [-0.1, -0.05) is 29.8 Å². The van der Waals surface area contributed by atoms with E-state index < -0.39 is 0 Å². The molecule has 1 saturated heterocycles. The van der Waals surface area contributed by atoms with Crippen molar-refractivity contribution >= 4 is 11.6 Å². The number of anilines is 2.